The first kappa shape index (κ1) is 14.2. The predicted molar refractivity (Wildman–Crippen MR) is 70.5 cm³/mol. The van der Waals surface area contributed by atoms with E-state index in [9.17, 15) is 0 Å². The lowest BCUT2D eigenvalue weighted by Gasteiger charge is -2.25. The maximum absolute atomic E-state index is 5.77. The second kappa shape index (κ2) is 6.17. The van der Waals surface area contributed by atoms with Gasteiger partial charge in [0, 0.05) is 32.0 Å². The van der Waals surface area contributed by atoms with Gasteiger partial charge in [-0.3, -0.25) is 0 Å². The van der Waals surface area contributed by atoms with Gasteiger partial charge in [-0.25, -0.2) is 9.97 Å². The van der Waals surface area contributed by atoms with Gasteiger partial charge in [0.25, 0.3) is 0 Å². The Labute approximate surface area is 108 Å². The third kappa shape index (κ3) is 4.88. The molecule has 0 atom stereocenters. The monoisotopic (exact) mass is 257 g/mol. The first-order valence-corrected chi connectivity index (χ1v) is 6.04. The minimum atomic E-state index is 0.153. The van der Waals surface area contributed by atoms with Crippen molar-refractivity contribution in [2.45, 2.75) is 27.2 Å². The zero-order valence-electron chi connectivity index (χ0n) is 10.9. The molecule has 1 aromatic heterocycles. The molecule has 0 amide bonds. The van der Waals surface area contributed by atoms with Crippen molar-refractivity contribution >= 4 is 17.4 Å². The molecule has 0 aliphatic rings. The quantitative estimate of drug-likeness (QED) is 0.796. The summed E-state index contributed by atoms with van der Waals surface area (Å²) in [6.07, 6.45) is 2.72. The topological polar surface area (TPSA) is 47.0 Å². The Kier molecular flexibility index (Phi) is 5.15. The summed E-state index contributed by atoms with van der Waals surface area (Å²) in [6, 6.07) is 0. The highest BCUT2D eigenvalue weighted by atomic mass is 35.5. The summed E-state index contributed by atoms with van der Waals surface area (Å²) in [4.78, 5) is 8.10. The van der Waals surface area contributed by atoms with Crippen LogP contribution in [0.3, 0.4) is 0 Å². The minimum absolute atomic E-state index is 0.153. The van der Waals surface area contributed by atoms with Crippen LogP contribution in [-0.2, 0) is 4.74 Å². The van der Waals surface area contributed by atoms with Gasteiger partial charge in [0.05, 0.1) is 0 Å². The molecule has 1 aromatic rings. The molecule has 0 fully saturated rings. The van der Waals surface area contributed by atoms with Crippen molar-refractivity contribution in [3.05, 3.63) is 17.0 Å². The molecule has 0 bridgehead atoms. The molecule has 96 valence electrons. The molecule has 17 heavy (non-hydrogen) atoms. The van der Waals surface area contributed by atoms with Crippen LogP contribution in [0.2, 0.25) is 5.28 Å². The SMILES string of the molecule is COCCC(C)(C)CNc1nc(Cl)ncc1C. The van der Waals surface area contributed by atoms with Gasteiger partial charge in [-0.1, -0.05) is 13.8 Å². The van der Waals surface area contributed by atoms with Gasteiger partial charge in [0.15, 0.2) is 0 Å². The van der Waals surface area contributed by atoms with Crippen molar-refractivity contribution in [1.82, 2.24) is 9.97 Å². The van der Waals surface area contributed by atoms with Crippen molar-refractivity contribution in [3.8, 4) is 0 Å². The average Bonchev–Trinajstić information content (AvgIpc) is 2.28. The molecule has 0 radical (unpaired) electrons. The Morgan fingerprint density at radius 3 is 2.82 bits per heavy atom. The van der Waals surface area contributed by atoms with Crippen molar-refractivity contribution < 1.29 is 4.74 Å². The third-order valence-corrected chi connectivity index (χ3v) is 2.84. The van der Waals surface area contributed by atoms with Gasteiger partial charge < -0.3 is 10.1 Å². The summed E-state index contributed by atoms with van der Waals surface area (Å²) < 4.78 is 5.10. The lowest BCUT2D eigenvalue weighted by atomic mass is 9.90. The average molecular weight is 258 g/mol. The van der Waals surface area contributed by atoms with Crippen LogP contribution in [0.1, 0.15) is 25.8 Å². The van der Waals surface area contributed by atoms with Crippen molar-refractivity contribution in [2.75, 3.05) is 25.6 Å². The van der Waals surface area contributed by atoms with Gasteiger partial charge in [0.1, 0.15) is 5.82 Å². The Hall–Kier alpha value is -0.870. The van der Waals surface area contributed by atoms with E-state index in [4.69, 9.17) is 16.3 Å². The van der Waals surface area contributed by atoms with Crippen LogP contribution in [0.15, 0.2) is 6.20 Å². The predicted octanol–water partition coefficient (Wildman–Crippen LogP) is 2.91. The first-order valence-electron chi connectivity index (χ1n) is 5.66. The summed E-state index contributed by atoms with van der Waals surface area (Å²) >= 11 is 5.77. The minimum Gasteiger partial charge on any atom is -0.385 e. The van der Waals surface area contributed by atoms with Crippen LogP contribution < -0.4 is 5.32 Å². The molecule has 0 saturated heterocycles. The molecule has 0 spiro atoms. The van der Waals surface area contributed by atoms with Crippen LogP contribution in [0, 0.1) is 12.3 Å². The van der Waals surface area contributed by atoms with Crippen LogP contribution in [0.25, 0.3) is 0 Å². The van der Waals surface area contributed by atoms with Crippen LogP contribution in [0.5, 0.6) is 0 Å². The third-order valence-electron chi connectivity index (χ3n) is 2.66. The molecule has 0 unspecified atom stereocenters. The van der Waals surface area contributed by atoms with E-state index < -0.39 is 0 Å². The van der Waals surface area contributed by atoms with Gasteiger partial charge >= 0.3 is 0 Å². The van der Waals surface area contributed by atoms with Crippen molar-refractivity contribution in [3.63, 3.8) is 0 Å². The molecule has 1 rings (SSSR count). The van der Waals surface area contributed by atoms with Gasteiger partial charge in [-0.2, -0.15) is 0 Å². The fourth-order valence-corrected chi connectivity index (χ4v) is 1.52. The van der Waals surface area contributed by atoms with Gasteiger partial charge in [-0.05, 0) is 30.4 Å². The lowest BCUT2D eigenvalue weighted by Crippen LogP contribution is -2.25. The van der Waals surface area contributed by atoms with Crippen LogP contribution in [-0.4, -0.2) is 30.2 Å². The number of nitrogens with one attached hydrogen (secondary N) is 1. The van der Waals surface area contributed by atoms with E-state index in [1.165, 1.54) is 0 Å². The number of nitrogens with zero attached hydrogens (tertiary/aromatic N) is 2. The van der Waals surface area contributed by atoms with E-state index in [1.807, 2.05) is 6.92 Å². The highest BCUT2D eigenvalue weighted by molar-refractivity contribution is 6.28. The molecule has 0 aliphatic carbocycles. The summed E-state index contributed by atoms with van der Waals surface area (Å²) in [5.74, 6) is 0.801. The second-order valence-corrected chi connectivity index (χ2v) is 5.27. The number of aryl methyl sites for hydroxylation is 1. The molecule has 0 aromatic carbocycles. The highest BCUT2D eigenvalue weighted by Crippen LogP contribution is 2.22. The van der Waals surface area contributed by atoms with Gasteiger partial charge in [-0.15, -0.1) is 0 Å². The van der Waals surface area contributed by atoms with Gasteiger partial charge in [0.2, 0.25) is 5.28 Å². The molecular formula is C12H20ClN3O. The number of aromatic nitrogens is 2. The maximum atomic E-state index is 5.77. The van der Waals surface area contributed by atoms with E-state index in [0.717, 1.165) is 31.0 Å². The Bertz CT molecular complexity index is 369. The van der Waals surface area contributed by atoms with E-state index in [-0.39, 0.29) is 10.7 Å². The highest BCUT2D eigenvalue weighted by Gasteiger charge is 2.17. The molecule has 4 nitrogen and oxygen atoms in total. The normalized spacial score (nSPS) is 11.6. The number of methoxy groups -OCH3 is 1. The Morgan fingerprint density at radius 2 is 2.18 bits per heavy atom. The number of anilines is 1. The second-order valence-electron chi connectivity index (χ2n) is 4.93. The molecule has 1 N–H and O–H groups in total. The van der Waals surface area contributed by atoms with E-state index in [2.05, 4.69) is 29.1 Å². The standard InChI is InChI=1S/C12H20ClN3O/c1-9-7-14-11(13)16-10(9)15-8-12(2,3)5-6-17-4/h7H,5-6,8H2,1-4H3,(H,14,15,16). The summed E-state index contributed by atoms with van der Waals surface area (Å²) in [7, 11) is 1.72. The van der Waals surface area contributed by atoms with Crippen LogP contribution in [0.4, 0.5) is 5.82 Å². The number of halogens is 1. The maximum Gasteiger partial charge on any atom is 0.224 e. The van der Waals surface area contributed by atoms with Crippen LogP contribution >= 0.6 is 11.6 Å². The number of hydrogen-bond acceptors (Lipinski definition) is 4. The molecule has 5 heteroatoms. The summed E-state index contributed by atoms with van der Waals surface area (Å²) in [6.45, 7) is 7.93. The summed E-state index contributed by atoms with van der Waals surface area (Å²) in [5.41, 5.74) is 1.15. The molecule has 1 heterocycles. The number of ether oxygens (including phenoxy) is 1. The molecule has 0 saturated carbocycles. The Morgan fingerprint density at radius 1 is 1.47 bits per heavy atom. The van der Waals surface area contributed by atoms with Crippen molar-refractivity contribution in [1.29, 1.82) is 0 Å². The van der Waals surface area contributed by atoms with E-state index >= 15 is 0 Å². The Balaban J connectivity index is 2.57. The summed E-state index contributed by atoms with van der Waals surface area (Å²) in [5, 5.41) is 3.58. The lowest BCUT2D eigenvalue weighted by molar-refractivity contribution is 0.157. The van der Waals surface area contributed by atoms with E-state index in [1.54, 1.807) is 13.3 Å². The first-order chi connectivity index (χ1) is 7.94. The fraction of sp³-hybridized carbons (Fsp3) is 0.667. The largest absolute Gasteiger partial charge is 0.385 e. The molecular weight excluding hydrogens is 238 g/mol. The molecule has 0 aliphatic heterocycles. The number of rotatable bonds is 6. The number of hydrogen-bond donors (Lipinski definition) is 1. The van der Waals surface area contributed by atoms with Crippen molar-refractivity contribution in [2.24, 2.45) is 5.41 Å². The zero-order valence-corrected chi connectivity index (χ0v) is 11.6. The smallest absolute Gasteiger partial charge is 0.224 e. The zero-order chi connectivity index (χ0) is 12.9. The fourth-order valence-electron chi connectivity index (χ4n) is 1.39. The van der Waals surface area contributed by atoms with E-state index in [0.29, 0.717) is 0 Å².